The SMILES string of the molecule is C#[N+]N1C(N)=NC=NC1=C(C)C. The average molecular weight is 164 g/mol. The summed E-state index contributed by atoms with van der Waals surface area (Å²) >= 11 is 0. The summed E-state index contributed by atoms with van der Waals surface area (Å²) in [5.74, 6) is 0.841. The lowest BCUT2D eigenvalue weighted by molar-refractivity contribution is 0.647. The fraction of sp³-hybridized carbons (Fsp3) is 0.286. The summed E-state index contributed by atoms with van der Waals surface area (Å²) in [6.07, 6.45) is 1.37. The van der Waals surface area contributed by atoms with Gasteiger partial charge in [0, 0.05) is 0 Å². The third-order valence-corrected chi connectivity index (χ3v) is 1.35. The minimum atomic E-state index is 0.226. The largest absolute Gasteiger partial charge is 0.364 e. The van der Waals surface area contributed by atoms with E-state index in [1.54, 1.807) is 0 Å². The molecule has 62 valence electrons. The Labute approximate surface area is 70.7 Å². The maximum atomic E-state index is 5.49. The standard InChI is InChI=1S/C7H10N5/c1-5(2)6-10-4-11-7(8)12(6)9-3/h3-4H,1-2H3,(H2,8,10,11)/q+1. The summed E-state index contributed by atoms with van der Waals surface area (Å²) < 4.78 is 0. The highest BCUT2D eigenvalue weighted by atomic mass is 15.5. The second kappa shape index (κ2) is 3.05. The van der Waals surface area contributed by atoms with Crippen molar-refractivity contribution in [2.24, 2.45) is 15.7 Å². The topological polar surface area (TPSA) is 58.3 Å². The quantitative estimate of drug-likeness (QED) is 0.575. The fourth-order valence-electron chi connectivity index (χ4n) is 0.815. The third kappa shape index (κ3) is 1.27. The second-order valence-corrected chi connectivity index (χ2v) is 2.48. The molecule has 0 aromatic carbocycles. The van der Waals surface area contributed by atoms with Crippen LogP contribution in [0.25, 0.3) is 4.95 Å². The molecule has 0 radical (unpaired) electrons. The monoisotopic (exact) mass is 164 g/mol. The molecular weight excluding hydrogens is 154 g/mol. The molecule has 0 aromatic rings. The van der Waals surface area contributed by atoms with Crippen LogP contribution in [0.15, 0.2) is 21.4 Å². The predicted octanol–water partition coefficient (Wildman–Crippen LogP) is 0.774. The molecule has 0 amide bonds. The number of aliphatic imine (C=N–C) groups is 2. The molecule has 5 heteroatoms. The molecule has 2 N–H and O–H groups in total. The highest BCUT2D eigenvalue weighted by molar-refractivity contribution is 5.89. The van der Waals surface area contributed by atoms with E-state index in [1.165, 1.54) is 11.3 Å². The molecule has 1 aliphatic rings. The van der Waals surface area contributed by atoms with Gasteiger partial charge >= 0.3 is 6.57 Å². The van der Waals surface area contributed by atoms with Crippen LogP contribution in [0.2, 0.25) is 0 Å². The van der Waals surface area contributed by atoms with Gasteiger partial charge in [-0.25, -0.2) is 4.99 Å². The Morgan fingerprint density at radius 2 is 2.33 bits per heavy atom. The molecule has 0 aliphatic carbocycles. The lowest BCUT2D eigenvalue weighted by atomic mass is 10.3. The van der Waals surface area contributed by atoms with Crippen LogP contribution in [0.4, 0.5) is 0 Å². The molecule has 0 bridgehead atoms. The molecule has 0 unspecified atom stereocenters. The molecule has 5 nitrogen and oxygen atoms in total. The van der Waals surface area contributed by atoms with E-state index in [-0.39, 0.29) is 5.96 Å². The van der Waals surface area contributed by atoms with Crippen LogP contribution in [-0.2, 0) is 0 Å². The van der Waals surface area contributed by atoms with Crippen molar-refractivity contribution in [1.29, 1.82) is 0 Å². The van der Waals surface area contributed by atoms with Crippen molar-refractivity contribution in [3.63, 3.8) is 0 Å². The average Bonchev–Trinajstić information content (AvgIpc) is 2.03. The first-order chi connectivity index (χ1) is 5.66. The number of guanidine groups is 1. The van der Waals surface area contributed by atoms with E-state index in [4.69, 9.17) is 12.3 Å². The Morgan fingerprint density at radius 3 is 2.75 bits per heavy atom. The van der Waals surface area contributed by atoms with Gasteiger partial charge in [0.2, 0.25) is 5.82 Å². The van der Waals surface area contributed by atoms with Crippen molar-refractivity contribution in [3.8, 4) is 6.57 Å². The molecule has 0 atom stereocenters. The molecule has 0 saturated heterocycles. The fourth-order valence-corrected chi connectivity index (χ4v) is 0.815. The molecule has 0 spiro atoms. The van der Waals surface area contributed by atoms with Gasteiger partial charge in [0.15, 0.2) is 0 Å². The molecule has 1 heterocycles. The second-order valence-electron chi connectivity index (χ2n) is 2.48. The molecular formula is C7H10N5+. The normalized spacial score (nSPS) is 15.6. The Hall–Kier alpha value is -1.83. The number of allylic oxidation sites excluding steroid dienone is 1. The van der Waals surface area contributed by atoms with Crippen molar-refractivity contribution >= 4 is 12.3 Å². The first kappa shape index (κ1) is 8.27. The first-order valence-electron chi connectivity index (χ1n) is 3.41. The number of hydrogen-bond donors (Lipinski definition) is 1. The minimum absolute atomic E-state index is 0.226. The number of rotatable bonds is 0. The Morgan fingerprint density at radius 1 is 1.67 bits per heavy atom. The van der Waals surface area contributed by atoms with Crippen LogP contribution >= 0.6 is 0 Å². The Kier molecular flexibility index (Phi) is 2.10. The first-order valence-corrected chi connectivity index (χ1v) is 3.41. The minimum Gasteiger partial charge on any atom is -0.364 e. The molecule has 12 heavy (non-hydrogen) atoms. The highest BCUT2D eigenvalue weighted by Gasteiger charge is 2.24. The lowest BCUT2D eigenvalue weighted by Gasteiger charge is -2.09. The van der Waals surface area contributed by atoms with Crippen molar-refractivity contribution in [3.05, 3.63) is 16.3 Å². The van der Waals surface area contributed by atoms with Crippen LogP contribution in [0.5, 0.6) is 0 Å². The Bertz CT molecular complexity index is 313. The molecule has 1 aliphatic heterocycles. The van der Waals surface area contributed by atoms with E-state index >= 15 is 0 Å². The highest BCUT2D eigenvalue weighted by Crippen LogP contribution is 2.13. The number of nitrogens with zero attached hydrogens (tertiary/aromatic N) is 4. The van der Waals surface area contributed by atoms with Crippen LogP contribution in [0.3, 0.4) is 0 Å². The van der Waals surface area contributed by atoms with Gasteiger partial charge in [-0.05, 0) is 19.4 Å². The van der Waals surface area contributed by atoms with Crippen LogP contribution < -0.4 is 5.73 Å². The zero-order chi connectivity index (χ0) is 9.14. The Balaban J connectivity index is 3.11. The molecule has 0 aromatic heterocycles. The van der Waals surface area contributed by atoms with Crippen LogP contribution in [0.1, 0.15) is 13.8 Å². The van der Waals surface area contributed by atoms with E-state index in [0.29, 0.717) is 5.82 Å². The van der Waals surface area contributed by atoms with Gasteiger partial charge in [-0.15, -0.1) is 0 Å². The van der Waals surface area contributed by atoms with E-state index in [1.807, 2.05) is 13.8 Å². The predicted molar refractivity (Wildman–Crippen MR) is 48.6 cm³/mol. The summed E-state index contributed by atoms with van der Waals surface area (Å²) in [6, 6.07) is 0. The maximum Gasteiger partial charge on any atom is 0.306 e. The summed E-state index contributed by atoms with van der Waals surface area (Å²) in [5.41, 5.74) is 6.47. The van der Waals surface area contributed by atoms with Crippen molar-refractivity contribution in [2.75, 3.05) is 0 Å². The smallest absolute Gasteiger partial charge is 0.306 e. The number of nitrogens with two attached hydrogens (primary N) is 1. The molecule has 1 rings (SSSR count). The summed E-state index contributed by atoms with van der Waals surface area (Å²) in [6.45, 7) is 8.89. The summed E-state index contributed by atoms with van der Waals surface area (Å²) in [5, 5.41) is 1.29. The van der Waals surface area contributed by atoms with E-state index in [2.05, 4.69) is 14.9 Å². The van der Waals surface area contributed by atoms with E-state index in [9.17, 15) is 0 Å². The van der Waals surface area contributed by atoms with Crippen molar-refractivity contribution in [2.45, 2.75) is 13.8 Å². The molecule has 0 saturated carbocycles. The number of hydrogen-bond acceptors (Lipinski definition) is 4. The summed E-state index contributed by atoms with van der Waals surface area (Å²) in [4.78, 5) is 11.1. The zero-order valence-corrected chi connectivity index (χ0v) is 7.02. The zero-order valence-electron chi connectivity index (χ0n) is 7.02. The lowest BCUT2D eigenvalue weighted by Crippen LogP contribution is -2.33. The maximum absolute atomic E-state index is 5.49. The van der Waals surface area contributed by atoms with Gasteiger partial charge in [0.05, 0.1) is 9.96 Å². The van der Waals surface area contributed by atoms with Gasteiger partial charge in [0.25, 0.3) is 5.96 Å². The third-order valence-electron chi connectivity index (χ3n) is 1.35. The van der Waals surface area contributed by atoms with Gasteiger partial charge in [-0.2, -0.15) is 4.99 Å². The van der Waals surface area contributed by atoms with Crippen molar-refractivity contribution < 1.29 is 0 Å². The van der Waals surface area contributed by atoms with E-state index in [0.717, 1.165) is 5.57 Å². The van der Waals surface area contributed by atoms with Gasteiger partial charge < -0.3 is 5.73 Å². The van der Waals surface area contributed by atoms with Crippen molar-refractivity contribution in [1.82, 2.24) is 5.01 Å². The van der Waals surface area contributed by atoms with Crippen LogP contribution in [-0.4, -0.2) is 17.3 Å². The van der Waals surface area contributed by atoms with E-state index < -0.39 is 0 Å². The van der Waals surface area contributed by atoms with Gasteiger partial charge in [0.1, 0.15) is 6.34 Å². The van der Waals surface area contributed by atoms with Gasteiger partial charge in [-0.3, -0.25) is 0 Å². The van der Waals surface area contributed by atoms with Crippen LogP contribution in [0, 0.1) is 6.57 Å². The summed E-state index contributed by atoms with van der Waals surface area (Å²) in [7, 11) is 0. The van der Waals surface area contributed by atoms with Gasteiger partial charge in [-0.1, -0.05) is 0 Å². The molecule has 0 fully saturated rings.